The number of terminal acetylenes is 1. The average molecular weight is 282 g/mol. The van der Waals surface area contributed by atoms with Gasteiger partial charge in [0.2, 0.25) is 0 Å². The van der Waals surface area contributed by atoms with E-state index >= 15 is 0 Å². The molecule has 1 aromatic carbocycles. The van der Waals surface area contributed by atoms with E-state index in [1.807, 2.05) is 38.1 Å². The summed E-state index contributed by atoms with van der Waals surface area (Å²) in [5.74, 6) is 2.93. The SMILES string of the molecule is C#CCOc1c(CC)nn(C)c(=O)c1-c1ccccc1C. The Balaban J connectivity index is 2.79. The highest BCUT2D eigenvalue weighted by Crippen LogP contribution is 2.31. The summed E-state index contributed by atoms with van der Waals surface area (Å²) in [6.45, 7) is 4.05. The lowest BCUT2D eigenvalue weighted by Gasteiger charge is -2.15. The Morgan fingerprint density at radius 1 is 1.38 bits per heavy atom. The molecule has 0 N–H and O–H groups in total. The van der Waals surface area contributed by atoms with E-state index in [4.69, 9.17) is 11.2 Å². The maximum Gasteiger partial charge on any atom is 0.278 e. The summed E-state index contributed by atoms with van der Waals surface area (Å²) in [5, 5.41) is 4.27. The predicted octanol–water partition coefficient (Wildman–Crippen LogP) is 2.33. The summed E-state index contributed by atoms with van der Waals surface area (Å²) >= 11 is 0. The molecule has 21 heavy (non-hydrogen) atoms. The molecule has 0 saturated carbocycles. The fraction of sp³-hybridized carbons (Fsp3) is 0.294. The van der Waals surface area contributed by atoms with Crippen LogP contribution < -0.4 is 10.3 Å². The third-order valence-corrected chi connectivity index (χ3v) is 3.32. The van der Waals surface area contributed by atoms with E-state index in [1.165, 1.54) is 4.68 Å². The van der Waals surface area contributed by atoms with E-state index in [1.54, 1.807) is 7.05 Å². The molecule has 2 aromatic rings. The smallest absolute Gasteiger partial charge is 0.278 e. The van der Waals surface area contributed by atoms with Crippen molar-refractivity contribution in [3.63, 3.8) is 0 Å². The normalized spacial score (nSPS) is 10.2. The summed E-state index contributed by atoms with van der Waals surface area (Å²) in [6, 6.07) is 7.71. The minimum Gasteiger partial charge on any atom is -0.478 e. The van der Waals surface area contributed by atoms with Gasteiger partial charge in [0.1, 0.15) is 12.3 Å². The summed E-state index contributed by atoms with van der Waals surface area (Å²) in [7, 11) is 1.65. The van der Waals surface area contributed by atoms with Crippen LogP contribution in [-0.2, 0) is 13.5 Å². The van der Waals surface area contributed by atoms with Crippen LogP contribution in [0.1, 0.15) is 18.2 Å². The van der Waals surface area contributed by atoms with E-state index in [2.05, 4.69) is 11.0 Å². The highest BCUT2D eigenvalue weighted by Gasteiger charge is 2.19. The zero-order chi connectivity index (χ0) is 15.4. The molecule has 0 spiro atoms. The Morgan fingerprint density at radius 3 is 2.71 bits per heavy atom. The first-order valence-electron chi connectivity index (χ1n) is 6.82. The molecule has 4 heteroatoms. The largest absolute Gasteiger partial charge is 0.478 e. The van der Waals surface area contributed by atoms with Crippen LogP contribution in [0, 0.1) is 19.3 Å². The van der Waals surface area contributed by atoms with Gasteiger partial charge in [-0.3, -0.25) is 4.79 Å². The quantitative estimate of drug-likeness (QED) is 0.808. The Morgan fingerprint density at radius 2 is 2.10 bits per heavy atom. The lowest BCUT2D eigenvalue weighted by Crippen LogP contribution is -2.24. The van der Waals surface area contributed by atoms with E-state index in [9.17, 15) is 4.79 Å². The van der Waals surface area contributed by atoms with Crippen LogP contribution in [0.5, 0.6) is 5.75 Å². The molecule has 0 saturated heterocycles. The molecule has 2 rings (SSSR count). The number of aryl methyl sites for hydroxylation is 3. The first kappa shape index (κ1) is 14.9. The maximum atomic E-state index is 12.5. The summed E-state index contributed by atoms with van der Waals surface area (Å²) < 4.78 is 6.99. The Kier molecular flexibility index (Phi) is 4.44. The molecule has 0 aliphatic rings. The monoisotopic (exact) mass is 282 g/mol. The van der Waals surface area contributed by atoms with Crippen molar-refractivity contribution < 1.29 is 4.74 Å². The number of hydrogen-bond donors (Lipinski definition) is 0. The second kappa shape index (κ2) is 6.27. The molecule has 0 atom stereocenters. The van der Waals surface area contributed by atoms with Crippen molar-refractivity contribution >= 4 is 0 Å². The van der Waals surface area contributed by atoms with Crippen molar-refractivity contribution in [2.24, 2.45) is 7.05 Å². The molecule has 0 amide bonds. The molecule has 1 aromatic heterocycles. The van der Waals surface area contributed by atoms with Gasteiger partial charge in [0.25, 0.3) is 5.56 Å². The van der Waals surface area contributed by atoms with Gasteiger partial charge in [0, 0.05) is 7.05 Å². The number of aromatic nitrogens is 2. The van der Waals surface area contributed by atoms with Gasteiger partial charge in [-0.2, -0.15) is 5.10 Å². The molecule has 4 nitrogen and oxygen atoms in total. The van der Waals surface area contributed by atoms with E-state index < -0.39 is 0 Å². The summed E-state index contributed by atoms with van der Waals surface area (Å²) in [6.07, 6.45) is 5.94. The Hall–Kier alpha value is -2.54. The van der Waals surface area contributed by atoms with Crippen molar-refractivity contribution in [3.05, 3.63) is 45.9 Å². The second-order valence-electron chi connectivity index (χ2n) is 4.74. The molecular weight excluding hydrogens is 264 g/mol. The molecule has 0 aliphatic carbocycles. The van der Waals surface area contributed by atoms with Gasteiger partial charge < -0.3 is 4.74 Å². The summed E-state index contributed by atoms with van der Waals surface area (Å²) in [4.78, 5) is 12.5. The average Bonchev–Trinajstić information content (AvgIpc) is 2.49. The highest BCUT2D eigenvalue weighted by atomic mass is 16.5. The van der Waals surface area contributed by atoms with Crippen LogP contribution in [0.25, 0.3) is 11.1 Å². The molecule has 1 heterocycles. The van der Waals surface area contributed by atoms with Crippen LogP contribution in [-0.4, -0.2) is 16.4 Å². The van der Waals surface area contributed by atoms with Gasteiger partial charge in [-0.25, -0.2) is 4.68 Å². The van der Waals surface area contributed by atoms with Crippen molar-refractivity contribution in [1.82, 2.24) is 9.78 Å². The van der Waals surface area contributed by atoms with Crippen LogP contribution in [0.4, 0.5) is 0 Å². The van der Waals surface area contributed by atoms with Crippen molar-refractivity contribution in [1.29, 1.82) is 0 Å². The lowest BCUT2D eigenvalue weighted by molar-refractivity contribution is 0.361. The molecule has 108 valence electrons. The van der Waals surface area contributed by atoms with Gasteiger partial charge in [-0.1, -0.05) is 37.1 Å². The van der Waals surface area contributed by atoms with E-state index in [0.717, 1.165) is 16.8 Å². The van der Waals surface area contributed by atoms with Gasteiger partial charge >= 0.3 is 0 Å². The lowest BCUT2D eigenvalue weighted by atomic mass is 10.00. The van der Waals surface area contributed by atoms with E-state index in [-0.39, 0.29) is 12.2 Å². The highest BCUT2D eigenvalue weighted by molar-refractivity contribution is 5.73. The number of ether oxygens (including phenoxy) is 1. The van der Waals surface area contributed by atoms with Crippen LogP contribution >= 0.6 is 0 Å². The number of nitrogens with zero attached hydrogens (tertiary/aromatic N) is 2. The number of benzene rings is 1. The molecule has 0 fully saturated rings. The minimum atomic E-state index is -0.187. The Bertz CT molecular complexity index is 754. The number of rotatable bonds is 4. The van der Waals surface area contributed by atoms with Gasteiger partial charge in [-0.05, 0) is 24.5 Å². The van der Waals surface area contributed by atoms with E-state index in [0.29, 0.717) is 17.7 Å². The molecular formula is C17H18N2O2. The predicted molar refractivity (Wildman–Crippen MR) is 83.4 cm³/mol. The first-order chi connectivity index (χ1) is 10.1. The maximum absolute atomic E-state index is 12.5. The second-order valence-corrected chi connectivity index (χ2v) is 4.74. The van der Waals surface area contributed by atoms with Crippen LogP contribution in [0.3, 0.4) is 0 Å². The zero-order valence-electron chi connectivity index (χ0n) is 12.5. The van der Waals surface area contributed by atoms with Crippen LogP contribution in [0.2, 0.25) is 0 Å². The fourth-order valence-corrected chi connectivity index (χ4v) is 2.27. The number of hydrogen-bond acceptors (Lipinski definition) is 3. The van der Waals surface area contributed by atoms with Gasteiger partial charge in [-0.15, -0.1) is 6.42 Å². The summed E-state index contributed by atoms with van der Waals surface area (Å²) in [5.41, 5.74) is 2.92. The Labute approximate surface area is 124 Å². The van der Waals surface area contributed by atoms with Crippen molar-refractivity contribution in [2.45, 2.75) is 20.3 Å². The van der Waals surface area contributed by atoms with Crippen molar-refractivity contribution in [2.75, 3.05) is 6.61 Å². The molecule has 0 unspecified atom stereocenters. The third kappa shape index (κ3) is 2.82. The molecule has 0 aliphatic heterocycles. The standard InChI is InChI=1S/C17H18N2O2/c1-5-11-21-16-14(6-2)18-19(4)17(20)15(16)13-10-8-7-9-12(13)3/h1,7-10H,6,11H2,2-4H3. The molecule has 0 bridgehead atoms. The zero-order valence-corrected chi connectivity index (χ0v) is 12.5. The topological polar surface area (TPSA) is 44.1 Å². The molecule has 0 radical (unpaired) electrons. The minimum absolute atomic E-state index is 0.112. The first-order valence-corrected chi connectivity index (χ1v) is 6.82. The fourth-order valence-electron chi connectivity index (χ4n) is 2.27. The van der Waals surface area contributed by atoms with Gasteiger partial charge in [0.15, 0.2) is 5.75 Å². The van der Waals surface area contributed by atoms with Crippen molar-refractivity contribution in [3.8, 4) is 29.2 Å². The van der Waals surface area contributed by atoms with Gasteiger partial charge in [0.05, 0.1) is 5.56 Å². The van der Waals surface area contributed by atoms with Crippen LogP contribution in [0.15, 0.2) is 29.1 Å². The third-order valence-electron chi connectivity index (χ3n) is 3.32.